The zero-order chi connectivity index (χ0) is 16.8. The van der Waals surface area contributed by atoms with Crippen molar-refractivity contribution in [3.05, 3.63) is 55.0 Å². The van der Waals surface area contributed by atoms with Gasteiger partial charge in [0.25, 0.3) is 0 Å². The fourth-order valence-electron chi connectivity index (χ4n) is 1.75. The first-order valence-corrected chi connectivity index (χ1v) is 7.23. The van der Waals surface area contributed by atoms with E-state index in [0.717, 1.165) is 0 Å². The SMILES string of the molecule is C=C(CNC(C)=S)N=NN(C)c1ccc(-n2ccnc2)c(F)c1. The van der Waals surface area contributed by atoms with E-state index in [9.17, 15) is 4.39 Å². The van der Waals surface area contributed by atoms with Crippen LogP contribution < -0.4 is 10.3 Å². The van der Waals surface area contributed by atoms with Crippen molar-refractivity contribution in [1.82, 2.24) is 14.9 Å². The van der Waals surface area contributed by atoms with E-state index in [1.165, 1.54) is 17.4 Å². The second-order valence-electron chi connectivity index (χ2n) is 4.79. The summed E-state index contributed by atoms with van der Waals surface area (Å²) in [7, 11) is 1.68. The number of hydrogen-bond acceptors (Lipinski definition) is 4. The highest BCUT2D eigenvalue weighted by atomic mass is 32.1. The summed E-state index contributed by atoms with van der Waals surface area (Å²) in [5.74, 6) is -0.376. The quantitative estimate of drug-likeness (QED) is 0.501. The molecule has 0 radical (unpaired) electrons. The van der Waals surface area contributed by atoms with Crippen molar-refractivity contribution in [2.24, 2.45) is 10.3 Å². The molecule has 8 heteroatoms. The molecular formula is C15H17FN6S. The first kappa shape index (κ1) is 16.8. The molecule has 1 N–H and O–H groups in total. The van der Waals surface area contributed by atoms with Gasteiger partial charge in [-0.15, -0.1) is 5.11 Å². The van der Waals surface area contributed by atoms with Crippen LogP contribution in [0.3, 0.4) is 0 Å². The van der Waals surface area contributed by atoms with Gasteiger partial charge in [-0.1, -0.05) is 24.0 Å². The van der Waals surface area contributed by atoms with Gasteiger partial charge in [-0.3, -0.25) is 0 Å². The van der Waals surface area contributed by atoms with E-state index in [0.29, 0.717) is 28.6 Å². The summed E-state index contributed by atoms with van der Waals surface area (Å²) in [5.41, 5.74) is 1.51. The van der Waals surface area contributed by atoms with Gasteiger partial charge in [-0.2, -0.15) is 0 Å². The number of thiocarbonyl (C=S) groups is 1. The third-order valence-electron chi connectivity index (χ3n) is 2.95. The summed E-state index contributed by atoms with van der Waals surface area (Å²) in [6.07, 6.45) is 4.81. The van der Waals surface area contributed by atoms with Gasteiger partial charge in [0, 0.05) is 25.5 Å². The molecule has 0 atom stereocenters. The molecule has 0 fully saturated rings. The van der Waals surface area contributed by atoms with Crippen LogP contribution in [0.4, 0.5) is 10.1 Å². The van der Waals surface area contributed by atoms with Crippen LogP contribution in [0.15, 0.2) is 59.5 Å². The van der Waals surface area contributed by atoms with Gasteiger partial charge in [0.15, 0.2) is 0 Å². The second kappa shape index (κ2) is 7.59. The van der Waals surface area contributed by atoms with Crippen LogP contribution in [-0.2, 0) is 0 Å². The summed E-state index contributed by atoms with van der Waals surface area (Å²) in [6, 6.07) is 4.79. The van der Waals surface area contributed by atoms with E-state index >= 15 is 0 Å². The lowest BCUT2D eigenvalue weighted by Crippen LogP contribution is -2.20. The third-order valence-corrected chi connectivity index (χ3v) is 3.09. The smallest absolute Gasteiger partial charge is 0.149 e. The van der Waals surface area contributed by atoms with Gasteiger partial charge >= 0.3 is 0 Å². The summed E-state index contributed by atoms with van der Waals surface area (Å²) in [6.45, 7) is 5.96. The van der Waals surface area contributed by atoms with Gasteiger partial charge in [-0.25, -0.2) is 14.4 Å². The summed E-state index contributed by atoms with van der Waals surface area (Å²) in [4.78, 5) is 4.56. The Hall–Kier alpha value is -2.61. The maximum atomic E-state index is 14.2. The molecule has 0 aliphatic carbocycles. The lowest BCUT2D eigenvalue weighted by Gasteiger charge is -2.13. The van der Waals surface area contributed by atoms with E-state index in [1.807, 2.05) is 0 Å². The normalized spacial score (nSPS) is 10.7. The van der Waals surface area contributed by atoms with Crippen LogP contribution >= 0.6 is 12.2 Å². The Balaban J connectivity index is 2.05. The van der Waals surface area contributed by atoms with Crippen molar-refractivity contribution in [3.8, 4) is 5.69 Å². The molecule has 0 aliphatic heterocycles. The Morgan fingerprint density at radius 2 is 2.30 bits per heavy atom. The third kappa shape index (κ3) is 4.68. The molecule has 1 aromatic heterocycles. The number of nitrogens with zero attached hydrogens (tertiary/aromatic N) is 5. The molecule has 2 rings (SSSR count). The minimum absolute atomic E-state index is 0.376. The van der Waals surface area contributed by atoms with Crippen molar-refractivity contribution in [2.75, 3.05) is 18.6 Å². The first-order chi connectivity index (χ1) is 11.0. The molecule has 0 amide bonds. The lowest BCUT2D eigenvalue weighted by atomic mass is 10.2. The van der Waals surface area contributed by atoms with Crippen molar-refractivity contribution in [2.45, 2.75) is 6.92 Å². The summed E-state index contributed by atoms with van der Waals surface area (Å²) >= 11 is 4.90. The molecule has 120 valence electrons. The van der Waals surface area contributed by atoms with Crippen LogP contribution in [-0.4, -0.2) is 28.1 Å². The molecule has 0 saturated carbocycles. The minimum Gasteiger partial charge on any atom is -0.374 e. The average Bonchev–Trinajstić information content (AvgIpc) is 3.04. The van der Waals surface area contributed by atoms with Crippen molar-refractivity contribution < 1.29 is 4.39 Å². The Bertz CT molecular complexity index is 726. The lowest BCUT2D eigenvalue weighted by molar-refractivity contribution is 0.617. The number of benzene rings is 1. The maximum Gasteiger partial charge on any atom is 0.149 e. The van der Waals surface area contributed by atoms with Gasteiger partial charge in [-0.05, 0) is 19.1 Å². The zero-order valence-corrected chi connectivity index (χ0v) is 13.7. The Morgan fingerprint density at radius 1 is 1.52 bits per heavy atom. The largest absolute Gasteiger partial charge is 0.374 e. The number of imidazole rings is 1. The predicted octanol–water partition coefficient (Wildman–Crippen LogP) is 3.27. The fraction of sp³-hybridized carbons (Fsp3) is 0.200. The number of halogens is 1. The number of hydrogen-bond donors (Lipinski definition) is 1. The van der Waals surface area contributed by atoms with Gasteiger partial charge < -0.3 is 9.88 Å². The number of rotatable bonds is 6. The Labute approximate surface area is 139 Å². The molecule has 23 heavy (non-hydrogen) atoms. The fourth-order valence-corrected chi connectivity index (χ4v) is 1.82. The molecule has 0 aliphatic rings. The highest BCUT2D eigenvalue weighted by Gasteiger charge is 2.08. The number of nitrogens with one attached hydrogen (secondary N) is 1. The maximum absolute atomic E-state index is 14.2. The van der Waals surface area contributed by atoms with Gasteiger partial charge in [0.2, 0.25) is 0 Å². The van der Waals surface area contributed by atoms with Crippen LogP contribution in [0.2, 0.25) is 0 Å². The molecular weight excluding hydrogens is 315 g/mol. The number of anilines is 1. The summed E-state index contributed by atoms with van der Waals surface area (Å²) < 4.78 is 15.8. The zero-order valence-electron chi connectivity index (χ0n) is 12.9. The van der Waals surface area contributed by atoms with Crippen LogP contribution in [0.1, 0.15) is 6.92 Å². The highest BCUT2D eigenvalue weighted by Crippen LogP contribution is 2.21. The predicted molar refractivity (Wildman–Crippen MR) is 92.2 cm³/mol. The van der Waals surface area contributed by atoms with Crippen molar-refractivity contribution >= 4 is 22.9 Å². The molecule has 6 nitrogen and oxygen atoms in total. The molecule has 0 saturated heterocycles. The number of aromatic nitrogens is 2. The molecule has 0 bridgehead atoms. The summed E-state index contributed by atoms with van der Waals surface area (Å²) in [5, 5.41) is 12.4. The Morgan fingerprint density at radius 3 is 2.91 bits per heavy atom. The van der Waals surface area contributed by atoms with Crippen LogP contribution in [0.5, 0.6) is 0 Å². The molecule has 1 heterocycles. The van der Waals surface area contributed by atoms with Crippen LogP contribution in [0.25, 0.3) is 5.69 Å². The standard InChI is InChI=1S/C15H17FN6S/c1-11(9-18-12(2)23)19-20-21(3)13-4-5-15(14(16)8-13)22-7-6-17-10-22/h4-8,10H,1,9H2,2-3H3,(H,18,23). The molecule has 1 aromatic carbocycles. The molecule has 2 aromatic rings. The highest BCUT2D eigenvalue weighted by molar-refractivity contribution is 7.80. The van der Waals surface area contributed by atoms with E-state index in [2.05, 4.69) is 27.2 Å². The Kier molecular flexibility index (Phi) is 5.53. The monoisotopic (exact) mass is 332 g/mol. The minimum atomic E-state index is -0.376. The van der Waals surface area contributed by atoms with Crippen molar-refractivity contribution in [1.29, 1.82) is 0 Å². The average molecular weight is 332 g/mol. The van der Waals surface area contributed by atoms with E-state index in [1.54, 1.807) is 43.1 Å². The second-order valence-corrected chi connectivity index (χ2v) is 5.41. The molecule has 0 unspecified atom stereocenters. The van der Waals surface area contributed by atoms with Gasteiger partial charge in [0.05, 0.1) is 34.9 Å². The van der Waals surface area contributed by atoms with Crippen molar-refractivity contribution in [3.63, 3.8) is 0 Å². The first-order valence-electron chi connectivity index (χ1n) is 6.83. The molecule has 0 spiro atoms. The van der Waals surface area contributed by atoms with E-state index in [-0.39, 0.29) is 5.82 Å². The van der Waals surface area contributed by atoms with Crippen LogP contribution in [0, 0.1) is 5.82 Å². The topological polar surface area (TPSA) is 57.8 Å². The van der Waals surface area contributed by atoms with Gasteiger partial charge in [0.1, 0.15) is 5.82 Å². The van der Waals surface area contributed by atoms with E-state index in [4.69, 9.17) is 12.2 Å². The van der Waals surface area contributed by atoms with E-state index < -0.39 is 0 Å².